The summed E-state index contributed by atoms with van der Waals surface area (Å²) in [5.74, 6) is 0. The Kier molecular flexibility index (Phi) is 7.25. The Morgan fingerprint density at radius 2 is 0.941 bits per heavy atom. The maximum atomic E-state index is 3.26. The quantitative estimate of drug-likeness (QED) is 0.556. The Labute approximate surface area is 126 Å². The fourth-order valence-electron chi connectivity index (χ4n) is 2.00. The van der Waals surface area contributed by atoms with E-state index < -0.39 is 0 Å². The van der Waals surface area contributed by atoms with Crippen LogP contribution in [0, 0.1) is 12.2 Å². The van der Waals surface area contributed by atoms with Crippen molar-refractivity contribution in [3.05, 3.63) is 45.6 Å². The number of hydrogen-bond acceptors (Lipinski definition) is 0. The second kappa shape index (κ2) is 7.32. The van der Waals surface area contributed by atoms with E-state index in [1.165, 1.54) is 33.4 Å². The van der Waals surface area contributed by atoms with Crippen LogP contribution in [0.5, 0.6) is 0 Å². The van der Waals surface area contributed by atoms with E-state index in [-0.39, 0.29) is 26.2 Å². The first-order valence-corrected chi connectivity index (χ1v) is 5.91. The minimum Gasteiger partial charge on any atom is -0.250 e. The SMILES string of the molecule is CC1=[C-]C(C)=C(C)C1.CC1=[C-]C(C)=C(C)C1.[Zr+2]. The summed E-state index contributed by atoms with van der Waals surface area (Å²) >= 11 is 0. The summed E-state index contributed by atoms with van der Waals surface area (Å²) in [4.78, 5) is 0. The van der Waals surface area contributed by atoms with Crippen molar-refractivity contribution < 1.29 is 26.2 Å². The third-order valence-corrected chi connectivity index (χ3v) is 3.14. The second-order valence-electron chi connectivity index (χ2n) is 4.97. The van der Waals surface area contributed by atoms with Gasteiger partial charge < -0.3 is 0 Å². The molecule has 0 heterocycles. The van der Waals surface area contributed by atoms with Crippen molar-refractivity contribution in [1.29, 1.82) is 0 Å². The van der Waals surface area contributed by atoms with Gasteiger partial charge in [0.25, 0.3) is 0 Å². The van der Waals surface area contributed by atoms with Gasteiger partial charge in [-0.05, 0) is 0 Å². The molecule has 0 aromatic carbocycles. The van der Waals surface area contributed by atoms with Crippen LogP contribution in [0.1, 0.15) is 54.4 Å². The standard InChI is InChI=1S/2C8H11.Zr/c2*1-6-4-7(2)8(3)5-6;/h2*4H2,1-3H3;/q2*-1;+2. The van der Waals surface area contributed by atoms with Crippen molar-refractivity contribution in [3.8, 4) is 0 Å². The molecule has 17 heavy (non-hydrogen) atoms. The molecule has 0 bridgehead atoms. The van der Waals surface area contributed by atoms with Crippen LogP contribution < -0.4 is 0 Å². The van der Waals surface area contributed by atoms with Crippen molar-refractivity contribution in [3.63, 3.8) is 0 Å². The van der Waals surface area contributed by atoms with Gasteiger partial charge in [-0.2, -0.15) is 11.1 Å². The zero-order valence-corrected chi connectivity index (χ0v) is 14.4. The van der Waals surface area contributed by atoms with Crippen molar-refractivity contribution in [1.82, 2.24) is 0 Å². The van der Waals surface area contributed by atoms with E-state index in [9.17, 15) is 0 Å². The molecule has 0 nitrogen and oxygen atoms in total. The average molecular weight is 306 g/mol. The minimum absolute atomic E-state index is 0. The van der Waals surface area contributed by atoms with Gasteiger partial charge in [-0.1, -0.05) is 40.5 Å². The van der Waals surface area contributed by atoms with Crippen molar-refractivity contribution >= 4 is 0 Å². The van der Waals surface area contributed by atoms with Gasteiger partial charge in [0.1, 0.15) is 0 Å². The summed E-state index contributed by atoms with van der Waals surface area (Å²) in [6, 6.07) is 0. The van der Waals surface area contributed by atoms with Crippen LogP contribution in [0.3, 0.4) is 0 Å². The second-order valence-corrected chi connectivity index (χ2v) is 4.97. The van der Waals surface area contributed by atoms with Crippen LogP contribution in [0.25, 0.3) is 0 Å². The van der Waals surface area contributed by atoms with E-state index in [0.29, 0.717) is 0 Å². The Bertz CT molecular complexity index is 363. The normalized spacial score (nSPS) is 18.5. The van der Waals surface area contributed by atoms with Crippen molar-refractivity contribution in [2.24, 2.45) is 0 Å². The molecule has 0 saturated carbocycles. The maximum Gasteiger partial charge on any atom is 2.00 e. The Morgan fingerprint density at radius 3 is 1.00 bits per heavy atom. The van der Waals surface area contributed by atoms with Gasteiger partial charge in [0, 0.05) is 0 Å². The summed E-state index contributed by atoms with van der Waals surface area (Å²) in [6.45, 7) is 12.8. The molecular weight excluding hydrogens is 283 g/mol. The monoisotopic (exact) mass is 304 g/mol. The zero-order chi connectivity index (χ0) is 12.3. The number of hydrogen-bond donors (Lipinski definition) is 0. The van der Waals surface area contributed by atoms with Gasteiger partial charge in [0.2, 0.25) is 0 Å². The van der Waals surface area contributed by atoms with Crippen molar-refractivity contribution in [2.45, 2.75) is 54.4 Å². The van der Waals surface area contributed by atoms with Gasteiger partial charge in [0.05, 0.1) is 0 Å². The molecule has 0 radical (unpaired) electrons. The number of allylic oxidation sites excluding steroid dienone is 8. The summed E-state index contributed by atoms with van der Waals surface area (Å²) < 4.78 is 0. The molecule has 0 N–H and O–H groups in total. The average Bonchev–Trinajstić information content (AvgIpc) is 2.58. The van der Waals surface area contributed by atoms with Crippen LogP contribution in [0.15, 0.2) is 33.4 Å². The molecule has 2 aliphatic carbocycles. The largest absolute Gasteiger partial charge is 2.00 e. The van der Waals surface area contributed by atoms with E-state index in [1.807, 2.05) is 0 Å². The Morgan fingerprint density at radius 1 is 0.647 bits per heavy atom. The molecule has 1 heteroatoms. The molecule has 0 spiro atoms. The van der Waals surface area contributed by atoms with Gasteiger partial charge in [0.15, 0.2) is 0 Å². The minimum atomic E-state index is 0. The summed E-state index contributed by atoms with van der Waals surface area (Å²) in [6.07, 6.45) is 8.81. The molecule has 0 aliphatic heterocycles. The Balaban J connectivity index is 0.000000284. The first-order chi connectivity index (χ1) is 7.40. The van der Waals surface area contributed by atoms with E-state index in [0.717, 1.165) is 12.8 Å². The molecule has 0 atom stereocenters. The van der Waals surface area contributed by atoms with Crippen LogP contribution in [0.2, 0.25) is 0 Å². The molecule has 0 amide bonds. The molecule has 2 aliphatic rings. The number of rotatable bonds is 0. The zero-order valence-electron chi connectivity index (χ0n) is 11.9. The Hall–Kier alpha value is -0.157. The van der Waals surface area contributed by atoms with Gasteiger partial charge >= 0.3 is 26.2 Å². The molecular formula is C16H22Zr. The fourth-order valence-corrected chi connectivity index (χ4v) is 2.00. The maximum absolute atomic E-state index is 3.26. The topological polar surface area (TPSA) is 0 Å². The fraction of sp³-hybridized carbons (Fsp3) is 0.500. The molecule has 0 unspecified atom stereocenters. The van der Waals surface area contributed by atoms with Crippen molar-refractivity contribution in [2.75, 3.05) is 0 Å². The summed E-state index contributed by atoms with van der Waals surface area (Å²) in [7, 11) is 0. The van der Waals surface area contributed by atoms with Crippen LogP contribution in [-0.2, 0) is 26.2 Å². The van der Waals surface area contributed by atoms with Crippen LogP contribution >= 0.6 is 0 Å². The van der Waals surface area contributed by atoms with Gasteiger partial charge in [-0.15, -0.1) is 13.8 Å². The molecule has 2 rings (SSSR count). The molecule has 90 valence electrons. The smallest absolute Gasteiger partial charge is 0.250 e. The van der Waals surface area contributed by atoms with E-state index in [4.69, 9.17) is 0 Å². The first-order valence-electron chi connectivity index (χ1n) is 5.91. The van der Waals surface area contributed by atoms with Gasteiger partial charge in [-0.25, -0.2) is 34.4 Å². The van der Waals surface area contributed by atoms with Crippen LogP contribution in [-0.4, -0.2) is 0 Å². The molecule has 0 fully saturated rings. The van der Waals surface area contributed by atoms with Crippen LogP contribution in [0.4, 0.5) is 0 Å². The summed E-state index contributed by atoms with van der Waals surface area (Å²) in [5.41, 5.74) is 8.37. The first kappa shape index (κ1) is 16.8. The third kappa shape index (κ3) is 5.34. The predicted octanol–water partition coefficient (Wildman–Crippen LogP) is 4.95. The molecule has 0 saturated heterocycles. The van der Waals surface area contributed by atoms with E-state index in [2.05, 4.69) is 53.7 Å². The van der Waals surface area contributed by atoms with E-state index in [1.54, 1.807) is 0 Å². The third-order valence-electron chi connectivity index (χ3n) is 3.14. The van der Waals surface area contributed by atoms with Gasteiger partial charge in [-0.3, -0.25) is 0 Å². The van der Waals surface area contributed by atoms with E-state index >= 15 is 0 Å². The predicted molar refractivity (Wildman–Crippen MR) is 70.8 cm³/mol. The summed E-state index contributed by atoms with van der Waals surface area (Å²) in [5, 5.41) is 0. The molecule has 0 aromatic rings. The molecule has 0 aromatic heterocycles.